The number of aromatic amines is 1. The molecule has 1 amide bonds. The van der Waals surface area contributed by atoms with E-state index < -0.39 is 17.8 Å². The van der Waals surface area contributed by atoms with E-state index in [4.69, 9.17) is 0 Å². The molecule has 0 aliphatic carbocycles. The van der Waals surface area contributed by atoms with Gasteiger partial charge < -0.3 is 14.7 Å². The number of amides is 1. The Morgan fingerprint density at radius 3 is 2.60 bits per heavy atom. The van der Waals surface area contributed by atoms with E-state index >= 15 is 0 Å². The summed E-state index contributed by atoms with van der Waals surface area (Å²) in [6.07, 6.45) is -3.72. The zero-order valence-corrected chi connectivity index (χ0v) is 16.4. The summed E-state index contributed by atoms with van der Waals surface area (Å²) >= 11 is 0. The maximum absolute atomic E-state index is 13.3. The number of Topliss-reactive ketones (excluding diaryl/α,β-unsaturated/α-hetero) is 1. The number of nitrogens with zero attached hydrogens (tertiary/aromatic N) is 1. The highest BCUT2D eigenvalue weighted by atomic mass is 19.4. The third kappa shape index (κ3) is 3.72. The average Bonchev–Trinajstić information content (AvgIpc) is 3.09. The van der Waals surface area contributed by atoms with E-state index in [1.807, 2.05) is 24.3 Å². The van der Waals surface area contributed by atoms with Gasteiger partial charge in [0, 0.05) is 36.0 Å². The summed E-state index contributed by atoms with van der Waals surface area (Å²) in [5.41, 5.74) is 2.28. The first kappa shape index (κ1) is 20.2. The lowest BCUT2D eigenvalue weighted by Gasteiger charge is -2.36. The summed E-state index contributed by atoms with van der Waals surface area (Å²) in [5.74, 6) is -0.334. The van der Waals surface area contributed by atoms with Gasteiger partial charge in [0.25, 0.3) is 0 Å². The zero-order chi connectivity index (χ0) is 21.5. The SMILES string of the molecule is CC(=O)CCC(=O)N1CCc2c([nH]c3ccccc23)[C@H]1c1cccc(C(F)(F)F)c1. The molecule has 1 atom stereocenters. The maximum Gasteiger partial charge on any atom is 0.416 e. The first-order valence-corrected chi connectivity index (χ1v) is 9.81. The first-order valence-electron chi connectivity index (χ1n) is 9.81. The molecule has 1 aromatic heterocycles. The number of para-hydroxylation sites is 1. The summed E-state index contributed by atoms with van der Waals surface area (Å²) in [7, 11) is 0. The first-order chi connectivity index (χ1) is 14.3. The van der Waals surface area contributed by atoms with Gasteiger partial charge in [0.15, 0.2) is 0 Å². The van der Waals surface area contributed by atoms with Gasteiger partial charge >= 0.3 is 6.18 Å². The highest BCUT2D eigenvalue weighted by molar-refractivity contribution is 5.87. The second kappa shape index (κ2) is 7.63. The van der Waals surface area contributed by atoms with Gasteiger partial charge in [-0.3, -0.25) is 4.79 Å². The molecule has 4 nitrogen and oxygen atoms in total. The second-order valence-corrected chi connectivity index (χ2v) is 7.63. The quantitative estimate of drug-likeness (QED) is 0.651. The molecule has 0 radical (unpaired) electrons. The van der Waals surface area contributed by atoms with Crippen LogP contribution in [0.25, 0.3) is 10.9 Å². The molecule has 0 saturated carbocycles. The molecular weight excluding hydrogens is 393 g/mol. The summed E-state index contributed by atoms with van der Waals surface area (Å²) in [4.78, 5) is 29.2. The number of aromatic nitrogens is 1. The monoisotopic (exact) mass is 414 g/mol. The van der Waals surface area contributed by atoms with Crippen LogP contribution in [0.15, 0.2) is 48.5 Å². The number of fused-ring (bicyclic) bond motifs is 3. The molecule has 2 heterocycles. The van der Waals surface area contributed by atoms with Crippen molar-refractivity contribution in [1.82, 2.24) is 9.88 Å². The molecule has 3 aromatic rings. The zero-order valence-electron chi connectivity index (χ0n) is 16.4. The van der Waals surface area contributed by atoms with Crippen molar-refractivity contribution in [3.8, 4) is 0 Å². The molecule has 0 spiro atoms. The smallest absolute Gasteiger partial charge is 0.356 e. The fourth-order valence-electron chi connectivity index (χ4n) is 4.17. The summed E-state index contributed by atoms with van der Waals surface area (Å²) in [6.45, 7) is 1.80. The minimum atomic E-state index is -4.47. The fourth-order valence-corrected chi connectivity index (χ4v) is 4.17. The molecule has 1 N–H and O–H groups in total. The number of hydrogen-bond acceptors (Lipinski definition) is 2. The predicted octanol–water partition coefficient (Wildman–Crippen LogP) is 5.03. The standard InChI is InChI=1S/C23H21F3N2O2/c1-14(29)9-10-20(30)28-12-11-18-17-7-2-3-8-19(17)27-21(18)22(28)15-5-4-6-16(13-15)23(24,25)26/h2-8,13,22,27H,9-12H2,1H3/t22-/m1/s1. The predicted molar refractivity (Wildman–Crippen MR) is 107 cm³/mol. The van der Waals surface area contributed by atoms with Crippen molar-refractivity contribution in [1.29, 1.82) is 0 Å². The Balaban J connectivity index is 1.83. The topological polar surface area (TPSA) is 53.2 Å². The molecule has 0 bridgehead atoms. The van der Waals surface area contributed by atoms with Crippen LogP contribution in [0.3, 0.4) is 0 Å². The Morgan fingerprint density at radius 2 is 1.87 bits per heavy atom. The van der Waals surface area contributed by atoms with Crippen LogP contribution in [-0.4, -0.2) is 28.1 Å². The molecule has 1 aliphatic rings. The lowest BCUT2D eigenvalue weighted by atomic mass is 9.91. The van der Waals surface area contributed by atoms with E-state index in [2.05, 4.69) is 4.98 Å². The molecule has 156 valence electrons. The van der Waals surface area contributed by atoms with Crippen molar-refractivity contribution < 1.29 is 22.8 Å². The molecule has 2 aromatic carbocycles. The van der Waals surface area contributed by atoms with Crippen LogP contribution in [0.5, 0.6) is 0 Å². The number of H-pyrrole nitrogens is 1. The molecule has 1 aliphatic heterocycles. The van der Waals surface area contributed by atoms with Gasteiger partial charge in [-0.25, -0.2) is 0 Å². The lowest BCUT2D eigenvalue weighted by Crippen LogP contribution is -2.40. The van der Waals surface area contributed by atoms with Crippen molar-refractivity contribution in [2.45, 2.75) is 38.4 Å². The number of benzene rings is 2. The van der Waals surface area contributed by atoms with Crippen molar-refractivity contribution in [3.63, 3.8) is 0 Å². The van der Waals surface area contributed by atoms with Crippen LogP contribution >= 0.6 is 0 Å². The highest BCUT2D eigenvalue weighted by Gasteiger charge is 2.36. The van der Waals surface area contributed by atoms with E-state index in [1.165, 1.54) is 13.0 Å². The van der Waals surface area contributed by atoms with E-state index in [9.17, 15) is 22.8 Å². The molecule has 7 heteroatoms. The van der Waals surface area contributed by atoms with Crippen LogP contribution in [0.2, 0.25) is 0 Å². The van der Waals surface area contributed by atoms with Gasteiger partial charge in [-0.2, -0.15) is 13.2 Å². The van der Waals surface area contributed by atoms with Crippen molar-refractivity contribution >= 4 is 22.6 Å². The number of ketones is 1. The van der Waals surface area contributed by atoms with E-state index in [0.29, 0.717) is 18.5 Å². The van der Waals surface area contributed by atoms with Crippen molar-refractivity contribution in [2.75, 3.05) is 6.54 Å². The minimum absolute atomic E-state index is 0.0420. The number of hydrogen-bond donors (Lipinski definition) is 1. The normalized spacial score (nSPS) is 16.5. The Morgan fingerprint density at radius 1 is 1.10 bits per heavy atom. The van der Waals surface area contributed by atoms with Gasteiger partial charge in [0.1, 0.15) is 5.78 Å². The van der Waals surface area contributed by atoms with Gasteiger partial charge in [0.05, 0.1) is 11.6 Å². The third-order valence-electron chi connectivity index (χ3n) is 5.58. The van der Waals surface area contributed by atoms with Crippen molar-refractivity contribution in [3.05, 3.63) is 70.9 Å². The molecule has 0 unspecified atom stereocenters. The summed E-state index contributed by atoms with van der Waals surface area (Å²) in [5, 5.41) is 1.01. The van der Waals surface area contributed by atoms with Crippen LogP contribution in [0.4, 0.5) is 13.2 Å². The second-order valence-electron chi connectivity index (χ2n) is 7.63. The van der Waals surface area contributed by atoms with E-state index in [0.717, 1.165) is 34.3 Å². The maximum atomic E-state index is 13.3. The third-order valence-corrected chi connectivity index (χ3v) is 5.58. The Hall–Kier alpha value is -3.09. The van der Waals surface area contributed by atoms with Gasteiger partial charge in [-0.15, -0.1) is 0 Å². The molecule has 0 saturated heterocycles. The number of alkyl halides is 3. The van der Waals surface area contributed by atoms with Crippen LogP contribution in [0, 0.1) is 0 Å². The fraction of sp³-hybridized carbons (Fsp3) is 0.304. The lowest BCUT2D eigenvalue weighted by molar-refractivity contribution is -0.137. The average molecular weight is 414 g/mol. The minimum Gasteiger partial charge on any atom is -0.356 e. The molecular formula is C23H21F3N2O2. The van der Waals surface area contributed by atoms with Gasteiger partial charge in [0.2, 0.25) is 5.91 Å². The van der Waals surface area contributed by atoms with Gasteiger partial charge in [-0.05, 0) is 42.7 Å². The Kier molecular flexibility index (Phi) is 5.13. The number of carbonyl (C=O) groups excluding carboxylic acids is 2. The largest absolute Gasteiger partial charge is 0.416 e. The van der Waals surface area contributed by atoms with Crippen LogP contribution in [-0.2, 0) is 22.2 Å². The number of halogens is 3. The Labute approximate surface area is 171 Å². The number of rotatable bonds is 4. The highest BCUT2D eigenvalue weighted by Crippen LogP contribution is 2.40. The van der Waals surface area contributed by atoms with Gasteiger partial charge in [-0.1, -0.05) is 30.3 Å². The molecule has 4 rings (SSSR count). The van der Waals surface area contributed by atoms with Crippen LogP contribution < -0.4 is 0 Å². The molecule has 30 heavy (non-hydrogen) atoms. The van der Waals surface area contributed by atoms with Crippen molar-refractivity contribution in [2.24, 2.45) is 0 Å². The summed E-state index contributed by atoms with van der Waals surface area (Å²) in [6, 6.07) is 12.2. The number of nitrogens with one attached hydrogen (secondary N) is 1. The Bertz CT molecular complexity index is 1120. The van der Waals surface area contributed by atoms with Crippen LogP contribution in [0.1, 0.15) is 48.2 Å². The van der Waals surface area contributed by atoms with E-state index in [1.54, 1.807) is 11.0 Å². The molecule has 0 fully saturated rings. The summed E-state index contributed by atoms with van der Waals surface area (Å²) < 4.78 is 40.0. The number of carbonyl (C=O) groups is 2. The van der Waals surface area contributed by atoms with E-state index in [-0.39, 0.29) is 24.5 Å².